The second-order valence-corrected chi connectivity index (χ2v) is 12.9. The molecule has 1 atom stereocenters. The number of amides is 4. The number of nitrogens with zero attached hydrogens (tertiary/aromatic N) is 4. The van der Waals surface area contributed by atoms with Crippen molar-refractivity contribution in [3.63, 3.8) is 0 Å². The van der Waals surface area contributed by atoms with Crippen LogP contribution in [0.2, 0.25) is 10.0 Å². The fourth-order valence-corrected chi connectivity index (χ4v) is 5.14. The fourth-order valence-electron chi connectivity index (χ4n) is 4.69. The molecule has 1 N–H and O–H groups in total. The summed E-state index contributed by atoms with van der Waals surface area (Å²) < 4.78 is 26.1. The lowest BCUT2D eigenvalue weighted by molar-refractivity contribution is -0.120. The highest BCUT2D eigenvalue weighted by atomic mass is 35.5. The Bertz CT molecular complexity index is 1840. The van der Waals surface area contributed by atoms with Crippen LogP contribution in [0.4, 0.5) is 20.6 Å². The molecule has 14 heteroatoms. The number of rotatable bonds is 5. The maximum atomic E-state index is 14.4. The topological polar surface area (TPSA) is 127 Å². The standard InChI is InChI=1S/C18H15ClFNO3.C15H19ClN4O3/c1-3-10(2)24-16-9-15(14(20)8-13(16)19)21-17(22)11-6-4-5-7-12(11)18(21)23;1-15(2,3)12-18-20(14(22)23-12)11-7-6-9(8-10(11)16)17-13(21)19(4)5/h1,8-10H,4-7H2,2H3;6-8H,1-5H3,(H,17,21). The normalized spacial score (nSPS) is 15.0. The van der Waals surface area contributed by atoms with Gasteiger partial charge in [0.15, 0.2) is 6.10 Å². The maximum Gasteiger partial charge on any atom is 0.442 e. The molecule has 0 fully saturated rings. The highest BCUT2D eigenvalue weighted by molar-refractivity contribution is 6.34. The lowest BCUT2D eigenvalue weighted by Gasteiger charge is -2.19. The summed E-state index contributed by atoms with van der Waals surface area (Å²) >= 11 is 12.2. The number of anilines is 2. The molecule has 1 aliphatic carbocycles. The van der Waals surface area contributed by atoms with Gasteiger partial charge in [0.05, 0.1) is 21.4 Å². The van der Waals surface area contributed by atoms with Crippen LogP contribution in [-0.4, -0.2) is 52.7 Å². The first-order valence-electron chi connectivity index (χ1n) is 14.6. The van der Waals surface area contributed by atoms with Gasteiger partial charge in [0.25, 0.3) is 11.8 Å². The van der Waals surface area contributed by atoms with E-state index >= 15 is 0 Å². The van der Waals surface area contributed by atoms with Gasteiger partial charge >= 0.3 is 11.8 Å². The number of hydrogen-bond donors (Lipinski definition) is 1. The average Bonchev–Trinajstić information content (AvgIpc) is 3.52. The highest BCUT2D eigenvalue weighted by Crippen LogP contribution is 2.39. The molecule has 0 saturated heterocycles. The minimum absolute atomic E-state index is 0.0233. The first-order chi connectivity index (χ1) is 22.0. The van der Waals surface area contributed by atoms with E-state index in [-0.39, 0.29) is 27.5 Å². The van der Waals surface area contributed by atoms with Gasteiger partial charge in [-0.05, 0) is 56.9 Å². The van der Waals surface area contributed by atoms with Crippen LogP contribution in [0.3, 0.4) is 0 Å². The third kappa shape index (κ3) is 7.69. The molecule has 1 aliphatic heterocycles. The quantitative estimate of drug-likeness (QED) is 0.240. The van der Waals surface area contributed by atoms with E-state index in [1.54, 1.807) is 39.2 Å². The summed E-state index contributed by atoms with van der Waals surface area (Å²) in [6, 6.07) is 6.79. The summed E-state index contributed by atoms with van der Waals surface area (Å²) in [6.45, 7) is 7.31. The molecule has 3 aromatic rings. The predicted molar refractivity (Wildman–Crippen MR) is 177 cm³/mol. The lowest BCUT2D eigenvalue weighted by atomic mass is 9.93. The van der Waals surface area contributed by atoms with Gasteiger partial charge in [-0.2, -0.15) is 4.68 Å². The van der Waals surface area contributed by atoms with E-state index in [1.165, 1.54) is 11.0 Å². The van der Waals surface area contributed by atoms with Crippen molar-refractivity contribution in [1.29, 1.82) is 0 Å². The second kappa shape index (κ2) is 14.0. The van der Waals surface area contributed by atoms with Gasteiger partial charge in [-0.15, -0.1) is 11.5 Å². The van der Waals surface area contributed by atoms with Crippen LogP contribution in [-0.2, 0) is 15.0 Å². The number of benzene rings is 2. The van der Waals surface area contributed by atoms with E-state index in [2.05, 4.69) is 16.3 Å². The number of carbonyl (C=O) groups excluding carboxylic acids is 3. The molecule has 248 valence electrons. The molecular weight excluding hydrogens is 652 g/mol. The number of imide groups is 1. The molecule has 1 unspecified atom stereocenters. The largest absolute Gasteiger partial charge is 0.476 e. The van der Waals surface area contributed by atoms with Gasteiger partial charge in [0.2, 0.25) is 5.89 Å². The van der Waals surface area contributed by atoms with Crippen molar-refractivity contribution < 1.29 is 27.9 Å². The van der Waals surface area contributed by atoms with Crippen molar-refractivity contribution in [2.75, 3.05) is 24.3 Å². The van der Waals surface area contributed by atoms with E-state index in [9.17, 15) is 23.6 Å². The van der Waals surface area contributed by atoms with Gasteiger partial charge in [0, 0.05) is 42.4 Å². The Morgan fingerprint density at radius 2 is 1.68 bits per heavy atom. The van der Waals surface area contributed by atoms with E-state index in [0.29, 0.717) is 41.3 Å². The summed E-state index contributed by atoms with van der Waals surface area (Å²) in [5, 5.41) is 7.16. The molecule has 2 heterocycles. The Kier molecular flexibility index (Phi) is 10.5. The monoisotopic (exact) mass is 685 g/mol. The molecule has 47 heavy (non-hydrogen) atoms. The van der Waals surface area contributed by atoms with Gasteiger partial charge in [-0.3, -0.25) is 9.59 Å². The zero-order valence-corrected chi connectivity index (χ0v) is 28.3. The Balaban J connectivity index is 0.000000213. The molecular formula is C33H34Cl2FN5O6. The first-order valence-corrected chi connectivity index (χ1v) is 15.4. The third-order valence-electron chi connectivity index (χ3n) is 7.19. The molecule has 0 bridgehead atoms. The van der Waals surface area contributed by atoms with Crippen molar-refractivity contribution >= 4 is 52.4 Å². The smallest absolute Gasteiger partial charge is 0.442 e. The highest BCUT2D eigenvalue weighted by Gasteiger charge is 2.41. The molecule has 0 saturated carbocycles. The number of ether oxygens (including phenoxy) is 1. The number of urea groups is 1. The molecule has 2 aromatic carbocycles. The average molecular weight is 687 g/mol. The minimum Gasteiger partial charge on any atom is -0.476 e. The third-order valence-corrected chi connectivity index (χ3v) is 7.79. The van der Waals surface area contributed by atoms with Gasteiger partial charge in [0.1, 0.15) is 11.6 Å². The number of terminal acetylenes is 1. The molecule has 0 radical (unpaired) electrons. The van der Waals surface area contributed by atoms with Crippen molar-refractivity contribution in [3.8, 4) is 23.8 Å². The Morgan fingerprint density at radius 1 is 1.06 bits per heavy atom. The van der Waals surface area contributed by atoms with Crippen LogP contribution in [0, 0.1) is 18.2 Å². The van der Waals surface area contributed by atoms with Crippen LogP contribution >= 0.6 is 23.2 Å². The molecule has 5 rings (SSSR count). The molecule has 2 aliphatic rings. The van der Waals surface area contributed by atoms with Crippen molar-refractivity contribution in [1.82, 2.24) is 14.7 Å². The summed E-state index contributed by atoms with van der Waals surface area (Å²) in [5.41, 5.74) is 1.32. The molecule has 1 aromatic heterocycles. The zero-order chi connectivity index (χ0) is 34.8. The summed E-state index contributed by atoms with van der Waals surface area (Å²) in [4.78, 5) is 51.0. The number of aromatic nitrogens is 2. The van der Waals surface area contributed by atoms with Crippen molar-refractivity contribution in [2.45, 2.75) is 64.9 Å². The number of halogens is 3. The first kappa shape index (κ1) is 35.3. The van der Waals surface area contributed by atoms with Gasteiger partial charge in [-0.1, -0.05) is 49.9 Å². The maximum absolute atomic E-state index is 14.4. The summed E-state index contributed by atoms with van der Waals surface area (Å²) in [7, 11) is 3.27. The number of hydrogen-bond acceptors (Lipinski definition) is 7. The fraction of sp³-hybridized carbons (Fsp3) is 0.364. The molecule has 11 nitrogen and oxygen atoms in total. The Morgan fingerprint density at radius 3 is 2.19 bits per heavy atom. The summed E-state index contributed by atoms with van der Waals surface area (Å²) in [6.07, 6.45) is 7.47. The lowest BCUT2D eigenvalue weighted by Crippen LogP contribution is -2.32. The molecule has 0 spiro atoms. The SMILES string of the molecule is C#CC(C)Oc1cc(N2C(=O)C3=C(CCCC3)C2=O)c(F)cc1Cl.CN(C)C(=O)Nc1ccc(-n2nc(C(C)(C)C)oc2=O)c(Cl)c1. The Hall–Kier alpha value is -4.60. The molecule has 4 amide bonds. The van der Waals surface area contributed by atoms with E-state index in [4.69, 9.17) is 38.8 Å². The van der Waals surface area contributed by atoms with Crippen molar-refractivity contribution in [3.05, 3.63) is 73.8 Å². The Labute approximate surface area is 281 Å². The van der Waals surface area contributed by atoms with E-state index in [1.807, 2.05) is 20.8 Å². The number of carbonyl (C=O) groups is 3. The van der Waals surface area contributed by atoms with Crippen molar-refractivity contribution in [2.24, 2.45) is 0 Å². The predicted octanol–water partition coefficient (Wildman–Crippen LogP) is 6.49. The minimum atomic E-state index is -0.762. The van der Waals surface area contributed by atoms with E-state index < -0.39 is 34.9 Å². The van der Waals surface area contributed by atoms with Gasteiger partial charge in [-0.25, -0.2) is 18.9 Å². The number of nitrogens with one attached hydrogen (secondary N) is 1. The summed E-state index contributed by atoms with van der Waals surface area (Å²) in [5.74, 6) is 0.521. The van der Waals surface area contributed by atoms with Crippen LogP contribution < -0.4 is 20.7 Å². The zero-order valence-electron chi connectivity index (χ0n) is 26.7. The van der Waals surface area contributed by atoms with Gasteiger partial charge < -0.3 is 19.4 Å². The van der Waals surface area contributed by atoms with E-state index in [0.717, 1.165) is 28.5 Å². The van der Waals surface area contributed by atoms with Crippen LogP contribution in [0.15, 0.2) is 50.7 Å². The van der Waals surface area contributed by atoms with Crippen LogP contribution in [0.1, 0.15) is 59.3 Å². The van der Waals surface area contributed by atoms with Crippen LogP contribution in [0.5, 0.6) is 5.75 Å². The van der Waals surface area contributed by atoms with Crippen LogP contribution in [0.25, 0.3) is 5.69 Å². The second-order valence-electron chi connectivity index (χ2n) is 12.1.